The highest BCUT2D eigenvalue weighted by Crippen LogP contribution is 2.30. The molecule has 0 fully saturated rings. The molecule has 0 heterocycles. The second-order valence-electron chi connectivity index (χ2n) is 2.81. The van der Waals surface area contributed by atoms with Gasteiger partial charge in [0.25, 0.3) is 0 Å². The van der Waals surface area contributed by atoms with Gasteiger partial charge in [0.05, 0.1) is 10.5 Å². The first-order chi connectivity index (χ1) is 6.30. The zero-order valence-corrected chi connectivity index (χ0v) is 8.02. The van der Waals surface area contributed by atoms with Crippen LogP contribution >= 0.6 is 0 Å². The van der Waals surface area contributed by atoms with Crippen molar-refractivity contribution in [3.05, 3.63) is 29.3 Å². The van der Waals surface area contributed by atoms with Crippen molar-refractivity contribution in [3.63, 3.8) is 0 Å². The fraction of sp³-hybridized carbons (Fsp3) is 0.250. The van der Waals surface area contributed by atoms with Gasteiger partial charge in [0.2, 0.25) is 0 Å². The molecule has 0 bridgehead atoms. The molecule has 0 saturated carbocycles. The Morgan fingerprint density at radius 3 is 2.14 bits per heavy atom. The van der Waals surface area contributed by atoms with Crippen molar-refractivity contribution in [2.75, 3.05) is 0 Å². The van der Waals surface area contributed by atoms with E-state index in [9.17, 15) is 21.6 Å². The second kappa shape index (κ2) is 3.61. The van der Waals surface area contributed by atoms with Crippen LogP contribution in [0.4, 0.5) is 13.2 Å². The van der Waals surface area contributed by atoms with Crippen LogP contribution in [0, 0.1) is 6.92 Å². The van der Waals surface area contributed by atoms with E-state index in [4.69, 9.17) is 0 Å². The van der Waals surface area contributed by atoms with Gasteiger partial charge in [-0.1, -0.05) is 0 Å². The van der Waals surface area contributed by atoms with Gasteiger partial charge < -0.3 is 0 Å². The molecule has 0 spiro atoms. The summed E-state index contributed by atoms with van der Waals surface area (Å²) in [4.78, 5) is -0.313. The fourth-order valence-corrected chi connectivity index (χ4v) is 1.59. The molecule has 0 radical (unpaired) electrons. The topological polar surface area (TPSA) is 34.1 Å². The summed E-state index contributed by atoms with van der Waals surface area (Å²) in [6.07, 6.45) is -4.51. The molecule has 0 aliphatic rings. The number of hydrogen-bond donors (Lipinski definition) is 1. The molecule has 0 atom stereocenters. The van der Waals surface area contributed by atoms with Crippen molar-refractivity contribution in [1.82, 2.24) is 0 Å². The van der Waals surface area contributed by atoms with E-state index in [0.717, 1.165) is 6.07 Å². The monoisotopic (exact) mass is 224 g/mol. The van der Waals surface area contributed by atoms with Crippen LogP contribution in [0.1, 0.15) is 11.1 Å². The highest BCUT2D eigenvalue weighted by atomic mass is 32.2. The van der Waals surface area contributed by atoms with E-state index in [1.54, 1.807) is 0 Å². The lowest BCUT2D eigenvalue weighted by Crippen LogP contribution is -2.05. The maximum absolute atomic E-state index is 12.2. The Bertz CT molecular complexity index is 413. The smallest absolute Gasteiger partial charge is 0.227 e. The van der Waals surface area contributed by atoms with Gasteiger partial charge in [-0.25, -0.2) is 8.42 Å². The Hall–Kier alpha value is -1.04. The largest absolute Gasteiger partial charge is 0.416 e. The zero-order chi connectivity index (χ0) is 10.9. The molecule has 0 aromatic heterocycles. The van der Waals surface area contributed by atoms with Crippen LogP contribution in [-0.2, 0) is 16.9 Å². The third kappa shape index (κ3) is 2.47. The Balaban J connectivity index is 3.35. The normalized spacial score (nSPS) is 12.1. The van der Waals surface area contributed by atoms with Crippen LogP contribution in [0.2, 0.25) is 0 Å². The molecular weight excluding hydrogens is 217 g/mol. The van der Waals surface area contributed by atoms with Gasteiger partial charge in [-0.3, -0.25) is 0 Å². The lowest BCUT2D eigenvalue weighted by Gasteiger charge is -2.07. The molecule has 0 unspecified atom stereocenters. The van der Waals surface area contributed by atoms with E-state index in [0.29, 0.717) is 6.07 Å². The third-order valence-electron chi connectivity index (χ3n) is 1.60. The lowest BCUT2D eigenvalue weighted by atomic mass is 10.1. The Kier molecular flexibility index (Phi) is 2.84. The van der Waals surface area contributed by atoms with E-state index in [1.807, 2.05) is 0 Å². The van der Waals surface area contributed by atoms with Gasteiger partial charge in [-0.15, -0.1) is 0 Å². The van der Waals surface area contributed by atoms with Crippen molar-refractivity contribution < 1.29 is 21.6 Å². The summed E-state index contributed by atoms with van der Waals surface area (Å²) in [5.41, 5.74) is -0.666. The SMILES string of the molecule is Cc1cc([SH](=O)=O)cc(C(F)(F)F)c1. The molecule has 1 aromatic carbocycles. The Labute approximate surface area is 80.3 Å². The summed E-state index contributed by atoms with van der Waals surface area (Å²) >= 11 is 0. The first-order valence-corrected chi connectivity index (χ1v) is 4.82. The molecule has 0 N–H and O–H groups in total. The minimum atomic E-state index is -4.51. The van der Waals surface area contributed by atoms with Gasteiger partial charge in [0, 0.05) is 0 Å². The van der Waals surface area contributed by atoms with E-state index >= 15 is 0 Å². The number of aryl methyl sites for hydroxylation is 1. The fourth-order valence-electron chi connectivity index (χ4n) is 1.03. The van der Waals surface area contributed by atoms with Crippen LogP contribution < -0.4 is 0 Å². The molecule has 14 heavy (non-hydrogen) atoms. The molecule has 0 aliphatic carbocycles. The number of rotatable bonds is 1. The van der Waals surface area contributed by atoms with E-state index in [2.05, 4.69) is 0 Å². The van der Waals surface area contributed by atoms with Crippen molar-refractivity contribution in [3.8, 4) is 0 Å². The standard InChI is InChI=1S/C8H7F3O2S/c1-5-2-6(8(9,10)11)4-7(3-5)14(12)13/h2-4,14H,1H3. The number of thiol groups is 1. The number of halogens is 3. The predicted octanol–water partition coefficient (Wildman–Crippen LogP) is 1.98. The van der Waals surface area contributed by atoms with Gasteiger partial charge >= 0.3 is 6.18 Å². The molecule has 1 rings (SSSR count). The second-order valence-corrected chi connectivity index (χ2v) is 3.84. The average molecular weight is 224 g/mol. The summed E-state index contributed by atoms with van der Waals surface area (Å²) in [6.45, 7) is 1.41. The highest BCUT2D eigenvalue weighted by molar-refractivity contribution is 7.72. The molecule has 0 saturated heterocycles. The maximum atomic E-state index is 12.2. The van der Waals surface area contributed by atoms with Crippen molar-refractivity contribution in [2.45, 2.75) is 18.0 Å². The van der Waals surface area contributed by atoms with E-state index < -0.39 is 22.4 Å². The van der Waals surface area contributed by atoms with Crippen LogP contribution in [0.3, 0.4) is 0 Å². The Morgan fingerprint density at radius 2 is 1.71 bits per heavy atom. The van der Waals surface area contributed by atoms with Crippen LogP contribution in [0.15, 0.2) is 23.1 Å². The Morgan fingerprint density at radius 1 is 1.14 bits per heavy atom. The molecule has 0 aliphatic heterocycles. The maximum Gasteiger partial charge on any atom is 0.416 e. The zero-order valence-electron chi connectivity index (χ0n) is 7.13. The van der Waals surface area contributed by atoms with E-state index in [1.165, 1.54) is 13.0 Å². The van der Waals surface area contributed by atoms with Crippen LogP contribution in [0.25, 0.3) is 0 Å². The number of hydrogen-bond acceptors (Lipinski definition) is 2. The molecule has 6 heteroatoms. The van der Waals surface area contributed by atoms with Gasteiger partial charge in [-0.2, -0.15) is 13.2 Å². The molecule has 78 valence electrons. The summed E-state index contributed by atoms with van der Waals surface area (Å²) in [5, 5.41) is 0. The average Bonchev–Trinajstić information content (AvgIpc) is 2.01. The van der Waals surface area contributed by atoms with Gasteiger partial charge in [0.1, 0.15) is 0 Å². The molecule has 2 nitrogen and oxygen atoms in total. The summed E-state index contributed by atoms with van der Waals surface area (Å²) < 4.78 is 57.6. The lowest BCUT2D eigenvalue weighted by molar-refractivity contribution is -0.137. The minimum Gasteiger partial charge on any atom is -0.227 e. The third-order valence-corrected chi connectivity index (χ3v) is 2.28. The molecular formula is C8H7F3O2S. The number of benzene rings is 1. The highest BCUT2D eigenvalue weighted by Gasteiger charge is 2.31. The summed E-state index contributed by atoms with van der Waals surface area (Å²) in [7, 11) is -2.98. The van der Waals surface area contributed by atoms with Crippen LogP contribution in [-0.4, -0.2) is 8.42 Å². The van der Waals surface area contributed by atoms with Crippen molar-refractivity contribution in [2.24, 2.45) is 0 Å². The first kappa shape index (κ1) is 11.0. The molecule has 1 aromatic rings. The summed E-state index contributed by atoms with van der Waals surface area (Å²) in [5.74, 6) is 0. The predicted molar refractivity (Wildman–Crippen MR) is 44.8 cm³/mol. The van der Waals surface area contributed by atoms with Gasteiger partial charge in [-0.05, 0) is 30.7 Å². The van der Waals surface area contributed by atoms with Gasteiger partial charge in [0.15, 0.2) is 10.7 Å². The summed E-state index contributed by atoms with van der Waals surface area (Å²) in [6, 6.07) is 2.72. The van der Waals surface area contributed by atoms with E-state index in [-0.39, 0.29) is 10.5 Å². The first-order valence-electron chi connectivity index (χ1n) is 3.64. The quantitative estimate of drug-likeness (QED) is 0.740. The van der Waals surface area contributed by atoms with Crippen molar-refractivity contribution >= 4 is 10.7 Å². The number of alkyl halides is 3. The molecule has 0 amide bonds. The van der Waals surface area contributed by atoms with Crippen molar-refractivity contribution in [1.29, 1.82) is 0 Å². The van der Waals surface area contributed by atoms with Crippen LogP contribution in [0.5, 0.6) is 0 Å². The minimum absolute atomic E-state index is 0.272.